The van der Waals surface area contributed by atoms with Crippen LogP contribution in [0.3, 0.4) is 0 Å². The fourth-order valence-electron chi connectivity index (χ4n) is 3.58. The maximum atomic E-state index is 13.6. The lowest BCUT2D eigenvalue weighted by molar-refractivity contribution is -0.120. The average molecular weight is 467 g/mol. The lowest BCUT2D eigenvalue weighted by Gasteiger charge is -2.27. The van der Waals surface area contributed by atoms with Crippen LogP contribution in [-0.4, -0.2) is 28.0 Å². The Kier molecular flexibility index (Phi) is 7.76. The normalized spacial score (nSPS) is 12.1. The summed E-state index contributed by atoms with van der Waals surface area (Å²) in [6.45, 7) is 5.39. The summed E-state index contributed by atoms with van der Waals surface area (Å²) in [4.78, 5) is 13.2. The minimum Gasteiger partial charge on any atom is -0.497 e. The molecule has 1 N–H and O–H groups in total. The van der Waals surface area contributed by atoms with E-state index in [0.29, 0.717) is 12.1 Å². The fourth-order valence-corrected chi connectivity index (χ4v) is 5.04. The molecule has 0 aliphatic carbocycles. The Balaban J connectivity index is 1.90. The number of anilines is 1. The number of benzene rings is 3. The van der Waals surface area contributed by atoms with Crippen molar-refractivity contribution in [2.45, 2.75) is 38.1 Å². The molecule has 0 radical (unpaired) electrons. The van der Waals surface area contributed by atoms with E-state index in [1.165, 1.54) is 4.31 Å². The van der Waals surface area contributed by atoms with E-state index in [1.807, 2.05) is 57.2 Å². The van der Waals surface area contributed by atoms with E-state index in [-0.39, 0.29) is 23.4 Å². The van der Waals surface area contributed by atoms with Gasteiger partial charge in [-0.3, -0.25) is 9.10 Å². The Hall–Kier alpha value is -3.32. The monoisotopic (exact) mass is 466 g/mol. The second-order valence-electron chi connectivity index (χ2n) is 7.87. The van der Waals surface area contributed by atoms with Gasteiger partial charge >= 0.3 is 0 Å². The summed E-state index contributed by atoms with van der Waals surface area (Å²) >= 11 is 0. The highest BCUT2D eigenvalue weighted by atomic mass is 32.2. The van der Waals surface area contributed by atoms with E-state index in [4.69, 9.17) is 4.74 Å². The average Bonchev–Trinajstić information content (AvgIpc) is 2.82. The molecule has 3 aromatic rings. The molecule has 0 fully saturated rings. The molecule has 0 aliphatic heterocycles. The molecule has 0 spiro atoms. The standard InChI is InChI=1S/C26H30N2O4S/c1-5-21-8-6-7-9-25(21)28(33(30,31)24-16-10-19(2)11-17-24)18-26(29)27-20(3)22-12-14-23(32-4)15-13-22/h6-17,20H,5,18H2,1-4H3,(H,27,29)/t20-/m1/s1. The van der Waals surface area contributed by atoms with Crippen LogP contribution in [0.25, 0.3) is 0 Å². The molecule has 3 aromatic carbocycles. The van der Waals surface area contributed by atoms with Crippen molar-refractivity contribution in [3.05, 3.63) is 89.5 Å². The summed E-state index contributed by atoms with van der Waals surface area (Å²) in [6, 6.07) is 21.0. The Morgan fingerprint density at radius 2 is 1.64 bits per heavy atom. The molecule has 0 saturated carbocycles. The van der Waals surface area contributed by atoms with E-state index in [9.17, 15) is 13.2 Å². The zero-order chi connectivity index (χ0) is 24.0. The van der Waals surface area contributed by atoms with Crippen molar-refractivity contribution in [2.24, 2.45) is 0 Å². The predicted molar refractivity (Wildman–Crippen MR) is 131 cm³/mol. The van der Waals surface area contributed by atoms with Crippen molar-refractivity contribution in [1.82, 2.24) is 5.32 Å². The minimum atomic E-state index is -3.95. The summed E-state index contributed by atoms with van der Waals surface area (Å²) < 4.78 is 33.6. The topological polar surface area (TPSA) is 75.7 Å². The van der Waals surface area contributed by atoms with E-state index in [0.717, 1.165) is 22.4 Å². The molecular weight excluding hydrogens is 436 g/mol. The van der Waals surface area contributed by atoms with Gasteiger partial charge in [0.1, 0.15) is 12.3 Å². The number of nitrogens with zero attached hydrogens (tertiary/aromatic N) is 1. The Labute approximate surface area is 196 Å². The Bertz CT molecular complexity index is 1190. The van der Waals surface area contributed by atoms with Gasteiger partial charge < -0.3 is 10.1 Å². The van der Waals surface area contributed by atoms with Crippen LogP contribution >= 0.6 is 0 Å². The first-order chi connectivity index (χ1) is 15.8. The zero-order valence-electron chi connectivity index (χ0n) is 19.4. The van der Waals surface area contributed by atoms with Crippen molar-refractivity contribution in [1.29, 1.82) is 0 Å². The van der Waals surface area contributed by atoms with Gasteiger partial charge in [-0.15, -0.1) is 0 Å². The van der Waals surface area contributed by atoms with Crippen molar-refractivity contribution < 1.29 is 17.9 Å². The molecule has 1 atom stereocenters. The number of carbonyl (C=O) groups excluding carboxylic acids is 1. The zero-order valence-corrected chi connectivity index (χ0v) is 20.2. The summed E-state index contributed by atoms with van der Waals surface area (Å²) in [5.41, 5.74) is 3.21. The van der Waals surface area contributed by atoms with Gasteiger partial charge in [-0.05, 0) is 61.7 Å². The Morgan fingerprint density at radius 3 is 2.24 bits per heavy atom. The molecule has 0 aromatic heterocycles. The predicted octanol–water partition coefficient (Wildman–Crippen LogP) is 4.64. The quantitative estimate of drug-likeness (QED) is 0.499. The Morgan fingerprint density at radius 1 is 1.00 bits per heavy atom. The molecule has 7 heteroatoms. The minimum absolute atomic E-state index is 0.148. The van der Waals surface area contributed by atoms with Crippen LogP contribution in [0.4, 0.5) is 5.69 Å². The molecule has 33 heavy (non-hydrogen) atoms. The summed E-state index contributed by atoms with van der Waals surface area (Å²) in [5.74, 6) is 0.337. The number of methoxy groups -OCH3 is 1. The van der Waals surface area contributed by atoms with Gasteiger partial charge in [-0.1, -0.05) is 55.0 Å². The number of amides is 1. The molecule has 0 aliphatic rings. The maximum absolute atomic E-state index is 13.6. The molecule has 6 nitrogen and oxygen atoms in total. The summed E-state index contributed by atoms with van der Waals surface area (Å²) in [7, 11) is -2.36. The number of ether oxygens (including phenoxy) is 1. The van der Waals surface area contributed by atoms with Crippen LogP contribution in [0.5, 0.6) is 5.75 Å². The van der Waals surface area contributed by atoms with Gasteiger partial charge in [-0.25, -0.2) is 8.42 Å². The van der Waals surface area contributed by atoms with E-state index < -0.39 is 10.0 Å². The molecule has 3 rings (SSSR count). The molecule has 0 heterocycles. The SMILES string of the molecule is CCc1ccccc1N(CC(=O)N[C@H](C)c1ccc(OC)cc1)S(=O)(=O)c1ccc(C)cc1. The molecule has 0 saturated heterocycles. The third-order valence-corrected chi connectivity index (χ3v) is 7.30. The smallest absolute Gasteiger partial charge is 0.264 e. The third kappa shape index (κ3) is 5.73. The highest BCUT2D eigenvalue weighted by Gasteiger charge is 2.29. The summed E-state index contributed by atoms with van der Waals surface area (Å²) in [6.07, 6.45) is 0.639. The first kappa shape index (κ1) is 24.3. The van der Waals surface area contributed by atoms with Gasteiger partial charge in [0.25, 0.3) is 10.0 Å². The second kappa shape index (κ2) is 10.5. The third-order valence-electron chi connectivity index (χ3n) is 5.53. The van der Waals surface area contributed by atoms with Gasteiger partial charge in [0.05, 0.1) is 23.7 Å². The molecule has 0 bridgehead atoms. The number of hydrogen-bond donors (Lipinski definition) is 1. The van der Waals surface area contributed by atoms with Crippen molar-refractivity contribution >= 4 is 21.6 Å². The highest BCUT2D eigenvalue weighted by Crippen LogP contribution is 2.28. The van der Waals surface area contributed by atoms with Crippen LogP contribution < -0.4 is 14.4 Å². The maximum Gasteiger partial charge on any atom is 0.264 e. The van der Waals surface area contributed by atoms with E-state index in [2.05, 4.69) is 5.32 Å². The van der Waals surface area contributed by atoms with Crippen LogP contribution in [0.2, 0.25) is 0 Å². The number of nitrogens with one attached hydrogen (secondary N) is 1. The largest absolute Gasteiger partial charge is 0.497 e. The number of para-hydroxylation sites is 1. The lowest BCUT2D eigenvalue weighted by Crippen LogP contribution is -2.42. The van der Waals surface area contributed by atoms with Crippen molar-refractivity contribution in [3.63, 3.8) is 0 Å². The van der Waals surface area contributed by atoms with E-state index in [1.54, 1.807) is 43.5 Å². The first-order valence-electron chi connectivity index (χ1n) is 10.9. The van der Waals surface area contributed by atoms with Gasteiger partial charge in [0.2, 0.25) is 5.91 Å². The van der Waals surface area contributed by atoms with Crippen molar-refractivity contribution in [2.75, 3.05) is 18.0 Å². The number of aryl methyl sites for hydroxylation is 2. The molecule has 1 amide bonds. The molecular formula is C26H30N2O4S. The number of carbonyl (C=O) groups is 1. The van der Waals surface area contributed by atoms with Crippen LogP contribution in [0.1, 0.15) is 36.6 Å². The fraction of sp³-hybridized carbons (Fsp3) is 0.269. The number of sulfonamides is 1. The van der Waals surface area contributed by atoms with Crippen LogP contribution in [-0.2, 0) is 21.2 Å². The lowest BCUT2D eigenvalue weighted by atomic mass is 10.1. The highest BCUT2D eigenvalue weighted by molar-refractivity contribution is 7.92. The number of hydrogen-bond acceptors (Lipinski definition) is 4. The van der Waals surface area contributed by atoms with Gasteiger partial charge in [0.15, 0.2) is 0 Å². The van der Waals surface area contributed by atoms with E-state index >= 15 is 0 Å². The second-order valence-corrected chi connectivity index (χ2v) is 9.73. The molecule has 174 valence electrons. The van der Waals surface area contributed by atoms with Gasteiger partial charge in [0, 0.05) is 0 Å². The summed E-state index contributed by atoms with van der Waals surface area (Å²) in [5, 5.41) is 2.92. The van der Waals surface area contributed by atoms with Crippen LogP contribution in [0.15, 0.2) is 77.7 Å². The van der Waals surface area contributed by atoms with Crippen LogP contribution in [0, 0.1) is 6.92 Å². The first-order valence-corrected chi connectivity index (χ1v) is 12.3. The molecule has 0 unspecified atom stereocenters. The van der Waals surface area contributed by atoms with Gasteiger partial charge in [-0.2, -0.15) is 0 Å². The number of rotatable bonds is 9. The van der Waals surface area contributed by atoms with Crippen molar-refractivity contribution in [3.8, 4) is 5.75 Å².